The molecule has 0 spiro atoms. The maximum atomic E-state index is 14.4. The van der Waals surface area contributed by atoms with Gasteiger partial charge in [-0.15, -0.1) is 0 Å². The zero-order chi connectivity index (χ0) is 32.2. The molecule has 0 unspecified atom stereocenters. The van der Waals surface area contributed by atoms with Gasteiger partial charge in [0.05, 0.1) is 33.1 Å². The van der Waals surface area contributed by atoms with Crippen LogP contribution in [0.5, 0.6) is 11.5 Å². The molecule has 5 rings (SSSR count). The Morgan fingerprint density at radius 2 is 1.93 bits per heavy atom. The molecule has 7 nitrogen and oxygen atoms in total. The number of hydrogen-bond donors (Lipinski definition) is 0. The molecule has 0 aliphatic carbocycles. The summed E-state index contributed by atoms with van der Waals surface area (Å²) >= 11 is 9.19. The van der Waals surface area contributed by atoms with Crippen molar-refractivity contribution in [3.8, 4) is 11.5 Å². The third-order valence-electron chi connectivity index (χ3n) is 7.03. The highest BCUT2D eigenvalue weighted by molar-refractivity contribution is 14.1. The van der Waals surface area contributed by atoms with Gasteiger partial charge in [0.2, 0.25) is 0 Å². The molecule has 0 saturated carbocycles. The van der Waals surface area contributed by atoms with Crippen molar-refractivity contribution in [3.05, 3.63) is 120 Å². The van der Waals surface area contributed by atoms with Gasteiger partial charge in [0.25, 0.3) is 5.56 Å². The maximum Gasteiger partial charge on any atom is 0.338 e. The van der Waals surface area contributed by atoms with Crippen LogP contribution < -0.4 is 24.4 Å². The number of nitrogens with zero attached hydrogens (tertiary/aromatic N) is 2. The molecule has 45 heavy (non-hydrogen) atoms. The first-order valence-electron chi connectivity index (χ1n) is 14.1. The van der Waals surface area contributed by atoms with E-state index in [1.165, 1.54) is 17.4 Å². The van der Waals surface area contributed by atoms with Gasteiger partial charge in [-0.1, -0.05) is 58.8 Å². The number of rotatable bonds is 10. The minimum absolute atomic E-state index is 0.0251. The van der Waals surface area contributed by atoms with E-state index >= 15 is 0 Å². The summed E-state index contributed by atoms with van der Waals surface area (Å²) in [5.74, 6) is 0.181. The standard InChI is InChI=1S/C33H28BrFI2N2O5S/c1-4-8-25-28(32(41)43-5-2)29(22-15-20(34)11-12-26(22)42-3)39-31(40)27(45-33(39)38-25)14-19-13-21(36)16-24(37)30(19)44-17-18-9-6-7-10-23(18)35/h6-7,9-16,29H,4-5,8,17H2,1-3H3/b27-14+/t29-/m0/s1. The molecular weight excluding hydrogens is 889 g/mol. The lowest BCUT2D eigenvalue weighted by Crippen LogP contribution is -2.40. The number of aromatic nitrogens is 1. The molecule has 1 aromatic heterocycles. The second kappa shape index (κ2) is 14.9. The van der Waals surface area contributed by atoms with Gasteiger partial charge in [0.1, 0.15) is 30.0 Å². The Morgan fingerprint density at radius 1 is 1.16 bits per heavy atom. The quantitative estimate of drug-likeness (QED) is 0.124. The number of ether oxygens (including phenoxy) is 3. The highest BCUT2D eigenvalue weighted by Crippen LogP contribution is 2.38. The largest absolute Gasteiger partial charge is 0.496 e. The average Bonchev–Trinajstić information content (AvgIpc) is 3.31. The molecule has 234 valence electrons. The average molecular weight is 917 g/mol. The number of carbonyl (C=O) groups excluding carboxylic acids is 1. The van der Waals surface area contributed by atoms with Crippen LogP contribution in [0.3, 0.4) is 0 Å². The van der Waals surface area contributed by atoms with E-state index in [1.54, 1.807) is 48.9 Å². The van der Waals surface area contributed by atoms with E-state index < -0.39 is 12.0 Å². The Morgan fingerprint density at radius 3 is 2.64 bits per heavy atom. The second-order valence-corrected chi connectivity index (χ2v) is 14.3. The minimum Gasteiger partial charge on any atom is -0.496 e. The predicted molar refractivity (Wildman–Crippen MR) is 193 cm³/mol. The predicted octanol–water partition coefficient (Wildman–Crippen LogP) is 7.28. The zero-order valence-corrected chi connectivity index (χ0v) is 31.3. The molecule has 3 aromatic carbocycles. The van der Waals surface area contributed by atoms with Gasteiger partial charge >= 0.3 is 5.97 Å². The summed E-state index contributed by atoms with van der Waals surface area (Å²) in [5.41, 5.74) is 2.29. The summed E-state index contributed by atoms with van der Waals surface area (Å²) in [5, 5.41) is 0. The van der Waals surface area contributed by atoms with Gasteiger partial charge in [0.15, 0.2) is 4.80 Å². The number of hydrogen-bond acceptors (Lipinski definition) is 7. The van der Waals surface area contributed by atoms with Crippen molar-refractivity contribution < 1.29 is 23.4 Å². The molecule has 1 atom stereocenters. The number of allylic oxidation sites excluding steroid dienone is 1. The normalized spacial score (nSPS) is 14.6. The van der Waals surface area contributed by atoms with Crippen LogP contribution in [0.4, 0.5) is 4.39 Å². The Hall–Kier alpha value is -2.56. The molecule has 0 N–H and O–H groups in total. The third kappa shape index (κ3) is 7.23. The van der Waals surface area contributed by atoms with E-state index in [-0.39, 0.29) is 24.6 Å². The fraction of sp³-hybridized carbons (Fsp3) is 0.242. The molecule has 0 fully saturated rings. The Labute approximate surface area is 299 Å². The van der Waals surface area contributed by atoms with Crippen molar-refractivity contribution in [1.29, 1.82) is 0 Å². The Kier molecular flexibility index (Phi) is 11.2. The van der Waals surface area contributed by atoms with Crippen LogP contribution in [0.1, 0.15) is 49.4 Å². The Bertz CT molecular complexity index is 1990. The molecule has 0 saturated heterocycles. The van der Waals surface area contributed by atoms with E-state index in [0.717, 1.165) is 18.0 Å². The third-order valence-corrected chi connectivity index (χ3v) is 9.93. The van der Waals surface area contributed by atoms with E-state index in [0.29, 0.717) is 55.2 Å². The first-order chi connectivity index (χ1) is 21.7. The van der Waals surface area contributed by atoms with Crippen LogP contribution in [0.2, 0.25) is 0 Å². The fourth-order valence-corrected chi connectivity index (χ4v) is 8.52. The van der Waals surface area contributed by atoms with Gasteiger partial charge in [-0.05, 0) is 101 Å². The molecule has 1 aliphatic heterocycles. The smallest absolute Gasteiger partial charge is 0.338 e. The number of esters is 1. The van der Waals surface area contributed by atoms with Crippen molar-refractivity contribution >= 4 is 84.5 Å². The number of thiazole rings is 1. The van der Waals surface area contributed by atoms with Crippen LogP contribution in [0, 0.1) is 13.0 Å². The van der Waals surface area contributed by atoms with E-state index in [2.05, 4.69) is 61.1 Å². The molecule has 0 radical (unpaired) electrons. The SMILES string of the molecule is CCCC1=C(C(=O)OCC)[C@H](c2cc(Br)ccc2OC)n2c(s/c(=C/c3cc(I)cc(I)c3OCc3ccccc3F)c2=O)=N1. The van der Waals surface area contributed by atoms with Gasteiger partial charge < -0.3 is 14.2 Å². The van der Waals surface area contributed by atoms with Crippen molar-refractivity contribution in [1.82, 2.24) is 4.57 Å². The molecule has 0 amide bonds. The van der Waals surface area contributed by atoms with Gasteiger partial charge in [-0.3, -0.25) is 9.36 Å². The molecule has 4 aromatic rings. The van der Waals surface area contributed by atoms with Gasteiger partial charge in [-0.25, -0.2) is 14.2 Å². The number of methoxy groups -OCH3 is 1. The molecule has 1 aliphatic rings. The van der Waals surface area contributed by atoms with Crippen LogP contribution in [0.25, 0.3) is 6.08 Å². The van der Waals surface area contributed by atoms with Gasteiger partial charge in [0, 0.05) is 24.7 Å². The number of carbonyl (C=O) groups is 1. The first kappa shape index (κ1) is 33.8. The minimum atomic E-state index is -0.829. The van der Waals surface area contributed by atoms with Crippen LogP contribution in [-0.4, -0.2) is 24.3 Å². The van der Waals surface area contributed by atoms with Crippen molar-refractivity contribution in [2.75, 3.05) is 13.7 Å². The van der Waals surface area contributed by atoms with Crippen LogP contribution >= 0.6 is 72.4 Å². The van der Waals surface area contributed by atoms with Crippen molar-refractivity contribution in [2.24, 2.45) is 4.99 Å². The number of halogens is 4. The summed E-state index contributed by atoms with van der Waals surface area (Å²) in [6, 6.07) is 15.0. The summed E-state index contributed by atoms with van der Waals surface area (Å²) < 4.78 is 36.2. The zero-order valence-electron chi connectivity index (χ0n) is 24.5. The summed E-state index contributed by atoms with van der Waals surface area (Å²) in [6.45, 7) is 3.96. The highest BCUT2D eigenvalue weighted by atomic mass is 127. The lowest BCUT2D eigenvalue weighted by atomic mass is 9.93. The van der Waals surface area contributed by atoms with Crippen LogP contribution in [0.15, 0.2) is 80.1 Å². The lowest BCUT2D eigenvalue weighted by molar-refractivity contribution is -0.139. The summed E-state index contributed by atoms with van der Waals surface area (Å²) in [7, 11) is 1.55. The summed E-state index contributed by atoms with van der Waals surface area (Å²) in [4.78, 5) is 33.2. The first-order valence-corrected chi connectivity index (χ1v) is 17.8. The maximum absolute atomic E-state index is 14.4. The molecule has 12 heteroatoms. The number of benzene rings is 3. The lowest BCUT2D eigenvalue weighted by Gasteiger charge is -2.27. The molecule has 2 heterocycles. The second-order valence-electron chi connectivity index (χ2n) is 9.99. The van der Waals surface area contributed by atoms with E-state index in [4.69, 9.17) is 19.2 Å². The van der Waals surface area contributed by atoms with Gasteiger partial charge in [-0.2, -0.15) is 0 Å². The fourth-order valence-electron chi connectivity index (χ4n) is 5.08. The van der Waals surface area contributed by atoms with Crippen molar-refractivity contribution in [2.45, 2.75) is 39.3 Å². The van der Waals surface area contributed by atoms with E-state index in [1.807, 2.05) is 31.2 Å². The van der Waals surface area contributed by atoms with Crippen molar-refractivity contribution in [3.63, 3.8) is 0 Å². The molecule has 0 bridgehead atoms. The number of fused-ring (bicyclic) bond motifs is 1. The van der Waals surface area contributed by atoms with E-state index in [9.17, 15) is 14.0 Å². The molecular formula is C33H28BrFI2N2O5S. The topological polar surface area (TPSA) is 79.1 Å². The van der Waals surface area contributed by atoms with Crippen LogP contribution in [-0.2, 0) is 16.1 Å². The monoisotopic (exact) mass is 916 g/mol. The summed E-state index contributed by atoms with van der Waals surface area (Å²) in [6.07, 6.45) is 3.03. The Balaban J connectivity index is 1.73. The highest BCUT2D eigenvalue weighted by Gasteiger charge is 2.36.